The zero-order valence-electron chi connectivity index (χ0n) is 42.6. The van der Waals surface area contributed by atoms with E-state index in [9.17, 15) is 9.59 Å². The minimum Gasteiger partial charge on any atom is -0.493 e. The number of para-hydroxylation sites is 2. The average molecular weight is 1010 g/mol. The Hall–Kier alpha value is -4.92. The van der Waals surface area contributed by atoms with Crippen LogP contribution in [0.25, 0.3) is 0 Å². The number of piperidine rings is 2. The van der Waals surface area contributed by atoms with Gasteiger partial charge in [-0.15, -0.1) is 23.2 Å². The van der Waals surface area contributed by atoms with Crippen molar-refractivity contribution in [3.05, 3.63) is 107 Å². The molecule has 0 saturated carbocycles. The van der Waals surface area contributed by atoms with Crippen LogP contribution in [0.1, 0.15) is 138 Å². The van der Waals surface area contributed by atoms with Gasteiger partial charge >= 0.3 is 5.97 Å². The van der Waals surface area contributed by atoms with Gasteiger partial charge in [0.1, 0.15) is 22.7 Å². The highest BCUT2D eigenvalue weighted by Gasteiger charge is 2.45. The van der Waals surface area contributed by atoms with Gasteiger partial charge in [0, 0.05) is 55.5 Å². The van der Waals surface area contributed by atoms with Crippen LogP contribution in [0.4, 0.5) is 0 Å². The Labute approximate surface area is 425 Å². The van der Waals surface area contributed by atoms with Crippen LogP contribution in [0.5, 0.6) is 34.5 Å². The van der Waals surface area contributed by atoms with Gasteiger partial charge in [-0.25, -0.2) is 4.79 Å². The van der Waals surface area contributed by atoms with Crippen LogP contribution >= 0.6 is 23.2 Å². The zero-order chi connectivity index (χ0) is 51.0. The third kappa shape index (κ3) is 15.5. The summed E-state index contributed by atoms with van der Waals surface area (Å²) in [5.41, 5.74) is 2.78. The number of aromatic carboxylic acids is 1. The van der Waals surface area contributed by atoms with E-state index in [-0.39, 0.29) is 64.6 Å². The van der Waals surface area contributed by atoms with Crippen LogP contribution in [-0.2, 0) is 9.47 Å². The molecule has 2 fully saturated rings. The number of carboxylic acids is 1. The molecule has 2 unspecified atom stereocenters. The van der Waals surface area contributed by atoms with Gasteiger partial charge < -0.3 is 53.2 Å². The van der Waals surface area contributed by atoms with E-state index in [0.29, 0.717) is 41.7 Å². The van der Waals surface area contributed by atoms with Crippen molar-refractivity contribution in [2.75, 3.05) is 45.7 Å². The number of methoxy groups -OCH3 is 2. The molecule has 8 rings (SSSR count). The standard InChI is InChI=1S/C27H35NO5.C16H23NO2.C11H14O4.CH2Cl2/c1-18(2)31-23-11-10-20(16-24(23)30-5)26(29)28-14-12-27(13-15-28)17-25(32-19(3)4)21-8-6-7-9-22(21)33-27;1-12(2)18-15-11-16(7-9-17-10-8-16)19-14-6-4-3-5-13(14)15;1-7(2)15-9-5-4-8(11(12)13)6-10(9)14-3;2-1-3/h6-11,16,18-19,25H,12-15,17H2,1-5H3;3-6,12,15,17H,7-11H2,1-2H3;4-7H,1-3H3,(H,12,13);1H2. The second kappa shape index (κ2) is 26.5. The number of ether oxygens (including phenoxy) is 8. The summed E-state index contributed by atoms with van der Waals surface area (Å²) in [5.74, 6) is 3.15. The highest BCUT2D eigenvalue weighted by atomic mass is 35.5. The molecule has 15 heteroatoms. The summed E-state index contributed by atoms with van der Waals surface area (Å²) in [6.45, 7) is 19.4. The normalized spacial score (nSPS) is 18.4. The van der Waals surface area contributed by atoms with Crippen LogP contribution < -0.4 is 33.7 Å². The van der Waals surface area contributed by atoms with Gasteiger partial charge in [0.05, 0.1) is 61.7 Å². The lowest BCUT2D eigenvalue weighted by atomic mass is 9.81. The summed E-state index contributed by atoms with van der Waals surface area (Å²) in [5, 5.41) is 12.4. The van der Waals surface area contributed by atoms with Crippen LogP contribution in [0.2, 0.25) is 0 Å². The number of nitrogens with one attached hydrogen (secondary N) is 1. The third-order valence-electron chi connectivity index (χ3n) is 12.2. The third-order valence-corrected chi connectivity index (χ3v) is 12.2. The average Bonchev–Trinajstić information content (AvgIpc) is 3.32. The lowest BCUT2D eigenvalue weighted by Gasteiger charge is -2.47. The molecule has 4 aliphatic rings. The number of hydrogen-bond acceptors (Lipinski definition) is 11. The number of nitrogens with zero attached hydrogens (tertiary/aromatic N) is 1. The minimum absolute atomic E-state index is 0.00503. The number of carboxylic acid groups (broad SMARTS) is 1. The molecule has 4 aromatic rings. The number of alkyl halides is 2. The molecule has 70 heavy (non-hydrogen) atoms. The number of rotatable bonds is 12. The highest BCUT2D eigenvalue weighted by molar-refractivity contribution is 6.40. The van der Waals surface area contributed by atoms with Crippen LogP contribution in [0, 0.1) is 0 Å². The first-order valence-electron chi connectivity index (χ1n) is 24.4. The van der Waals surface area contributed by atoms with E-state index in [1.807, 2.05) is 69.0 Å². The molecule has 13 nitrogen and oxygen atoms in total. The van der Waals surface area contributed by atoms with E-state index in [1.165, 1.54) is 24.8 Å². The molecular formula is C55H74Cl2N2O11. The zero-order valence-corrected chi connectivity index (χ0v) is 44.1. The fourth-order valence-electron chi connectivity index (χ4n) is 9.12. The highest BCUT2D eigenvalue weighted by Crippen LogP contribution is 2.47. The van der Waals surface area contributed by atoms with Crippen molar-refractivity contribution < 1.29 is 52.6 Å². The molecule has 4 heterocycles. The molecular weight excluding hydrogens is 936 g/mol. The van der Waals surface area contributed by atoms with Crippen molar-refractivity contribution in [1.29, 1.82) is 0 Å². The molecule has 1 amide bonds. The largest absolute Gasteiger partial charge is 0.493 e. The molecule has 2 atom stereocenters. The number of hydrogen-bond donors (Lipinski definition) is 2. The Kier molecular flexibility index (Phi) is 21.2. The van der Waals surface area contributed by atoms with Crippen molar-refractivity contribution in [2.45, 2.75) is 142 Å². The number of likely N-dealkylation sites (tertiary alicyclic amines) is 1. The summed E-state index contributed by atoms with van der Waals surface area (Å²) in [7, 11) is 3.07. The van der Waals surface area contributed by atoms with E-state index >= 15 is 0 Å². The number of benzene rings is 4. The summed E-state index contributed by atoms with van der Waals surface area (Å²) in [6.07, 6.45) is 6.08. The molecule has 384 valence electrons. The number of amides is 1. The lowest BCUT2D eigenvalue weighted by Crippen LogP contribution is -2.52. The molecule has 0 radical (unpaired) electrons. The Balaban J connectivity index is 0.000000208. The van der Waals surface area contributed by atoms with Gasteiger partial charge in [-0.3, -0.25) is 4.79 Å². The molecule has 2 N–H and O–H groups in total. The van der Waals surface area contributed by atoms with Crippen molar-refractivity contribution in [2.24, 2.45) is 0 Å². The van der Waals surface area contributed by atoms with Crippen molar-refractivity contribution >= 4 is 35.1 Å². The molecule has 2 saturated heterocycles. The summed E-state index contributed by atoms with van der Waals surface area (Å²) < 4.78 is 47.0. The molecule has 0 aliphatic carbocycles. The Morgan fingerprint density at radius 1 is 0.629 bits per heavy atom. The number of halogens is 2. The molecule has 0 bridgehead atoms. The van der Waals surface area contributed by atoms with Gasteiger partial charge in [0.25, 0.3) is 5.91 Å². The van der Waals surface area contributed by atoms with Gasteiger partial charge in [0.15, 0.2) is 23.0 Å². The lowest BCUT2D eigenvalue weighted by molar-refractivity contribution is -0.0872. The van der Waals surface area contributed by atoms with Crippen molar-refractivity contribution in [3.8, 4) is 34.5 Å². The smallest absolute Gasteiger partial charge is 0.335 e. The van der Waals surface area contributed by atoms with Gasteiger partial charge in [-0.05, 0) is 130 Å². The first-order chi connectivity index (χ1) is 33.4. The van der Waals surface area contributed by atoms with E-state index in [4.69, 9.17) is 66.2 Å². The predicted octanol–water partition coefficient (Wildman–Crippen LogP) is 12.1. The topological polar surface area (TPSA) is 143 Å². The minimum atomic E-state index is -0.982. The van der Waals surface area contributed by atoms with Gasteiger partial charge in [-0.1, -0.05) is 36.4 Å². The summed E-state index contributed by atoms with van der Waals surface area (Å²) in [4.78, 5) is 25.9. The summed E-state index contributed by atoms with van der Waals surface area (Å²) >= 11 is 9.53. The summed E-state index contributed by atoms with van der Waals surface area (Å²) in [6, 6.07) is 26.4. The number of carbonyl (C=O) groups is 2. The van der Waals surface area contributed by atoms with E-state index in [1.54, 1.807) is 19.2 Å². The van der Waals surface area contributed by atoms with Crippen molar-refractivity contribution in [1.82, 2.24) is 10.2 Å². The maximum Gasteiger partial charge on any atom is 0.335 e. The van der Waals surface area contributed by atoms with Crippen LogP contribution in [-0.4, -0.2) is 103 Å². The molecule has 4 aromatic carbocycles. The van der Waals surface area contributed by atoms with E-state index in [0.717, 1.165) is 68.7 Å². The second-order valence-electron chi connectivity index (χ2n) is 18.9. The number of carbonyl (C=O) groups excluding carboxylic acids is 1. The number of fused-ring (bicyclic) bond motifs is 2. The SMILES string of the molecule is CC(C)OC1CC2(CCNCC2)Oc2ccccc21.COc1cc(C(=O)N2CCC3(CC2)CC(OC(C)C)c2ccccc2O3)ccc1OC(C)C.COc1cc(C(=O)O)ccc1OC(C)C.ClCCl. The maximum absolute atomic E-state index is 13.2. The Bertz CT molecular complexity index is 2280. The Morgan fingerprint density at radius 2 is 1.04 bits per heavy atom. The van der Waals surface area contributed by atoms with Crippen LogP contribution in [0.15, 0.2) is 84.9 Å². The van der Waals surface area contributed by atoms with Gasteiger partial charge in [-0.2, -0.15) is 0 Å². The first-order valence-corrected chi connectivity index (χ1v) is 25.4. The fraction of sp³-hybridized carbons (Fsp3) is 0.527. The molecule has 2 spiro atoms. The quantitative estimate of drug-likeness (QED) is 0.130. The molecule has 0 aromatic heterocycles. The Morgan fingerprint density at radius 3 is 1.46 bits per heavy atom. The van der Waals surface area contributed by atoms with Gasteiger partial charge in [0.2, 0.25) is 0 Å². The monoisotopic (exact) mass is 1010 g/mol. The second-order valence-corrected chi connectivity index (χ2v) is 19.7. The predicted molar refractivity (Wildman–Crippen MR) is 275 cm³/mol. The maximum atomic E-state index is 13.2. The van der Waals surface area contributed by atoms with E-state index < -0.39 is 5.97 Å². The molecule has 4 aliphatic heterocycles. The fourth-order valence-corrected chi connectivity index (χ4v) is 9.12. The first kappa shape index (κ1) is 56.0. The van der Waals surface area contributed by atoms with Crippen LogP contribution in [0.3, 0.4) is 0 Å². The van der Waals surface area contributed by atoms with E-state index in [2.05, 4.69) is 57.3 Å². The van der Waals surface area contributed by atoms with Crippen molar-refractivity contribution in [3.63, 3.8) is 0 Å².